The molecule has 0 aromatic carbocycles. The van der Waals surface area contributed by atoms with Crippen molar-refractivity contribution in [1.29, 1.82) is 0 Å². The molecule has 0 aromatic rings. The highest BCUT2D eigenvalue weighted by Crippen LogP contribution is 2.23. The van der Waals surface area contributed by atoms with E-state index in [1.165, 1.54) is 0 Å². The Labute approximate surface area is 322 Å². The maximum absolute atomic E-state index is 12.7. The van der Waals surface area contributed by atoms with Crippen LogP contribution >= 0.6 is 0 Å². The average molecular weight is 779 g/mol. The topological polar surface area (TPSA) is 186 Å². The summed E-state index contributed by atoms with van der Waals surface area (Å²) in [5.41, 5.74) is 0. The van der Waals surface area contributed by atoms with Crippen molar-refractivity contribution in [2.24, 2.45) is 0 Å². The average Bonchev–Trinajstić information content (AvgIpc) is 3.13. The quantitative estimate of drug-likeness (QED) is 0.0300. The van der Waals surface area contributed by atoms with Crippen molar-refractivity contribution in [3.05, 3.63) is 97.2 Å². The second kappa shape index (κ2) is 30.8. The van der Waals surface area contributed by atoms with Crippen molar-refractivity contribution >= 4 is 22.1 Å². The number of aliphatic hydroxyl groups is 3. The first-order chi connectivity index (χ1) is 26.0. The Morgan fingerprint density at radius 3 is 1.70 bits per heavy atom. The second-order valence-electron chi connectivity index (χ2n) is 12.7. The summed E-state index contributed by atoms with van der Waals surface area (Å²) in [6.45, 7) is 3.35. The van der Waals surface area contributed by atoms with Crippen molar-refractivity contribution in [2.45, 2.75) is 128 Å². The molecule has 1 saturated heterocycles. The molecular weight excluding hydrogens is 717 g/mol. The maximum atomic E-state index is 12.7. The van der Waals surface area contributed by atoms with Gasteiger partial charge >= 0.3 is 11.9 Å². The summed E-state index contributed by atoms with van der Waals surface area (Å²) < 4.78 is 53.7. The summed E-state index contributed by atoms with van der Waals surface area (Å²) in [5.74, 6) is -2.13. The molecule has 0 radical (unpaired) electrons. The van der Waals surface area contributed by atoms with E-state index in [1.807, 2.05) is 79.0 Å². The molecule has 54 heavy (non-hydrogen) atoms. The third-order valence-electron chi connectivity index (χ3n) is 7.85. The third kappa shape index (κ3) is 25.6. The fourth-order valence-corrected chi connectivity index (χ4v) is 5.63. The van der Waals surface area contributed by atoms with Gasteiger partial charge in [-0.05, 0) is 44.9 Å². The number of aliphatic hydroxyl groups excluding tert-OH is 3. The molecule has 304 valence electrons. The third-order valence-corrected chi connectivity index (χ3v) is 8.60. The number of hydrogen-bond acceptors (Lipinski definition) is 11. The summed E-state index contributed by atoms with van der Waals surface area (Å²) in [7, 11) is -4.62. The minimum atomic E-state index is -4.62. The molecule has 0 aromatic heterocycles. The van der Waals surface area contributed by atoms with Crippen LogP contribution in [-0.2, 0) is 38.7 Å². The standard InChI is InChI=1S/C41H62O12S/c1-3-5-7-9-11-13-15-17-19-21-23-25-27-29-36(42)50-31-34(32-51-41-40(46)39(45)38(44)35(53-41)33-54(47,48)49)52-37(43)30-28-26-24-22-20-18-16-14-12-10-8-6-4-2/h5-16,18,20,22,24,34-35,38-41,44-46H,3-4,17,19,21,23,25-33H2,1-2H3,(H,47,48,49)/b7-5+,8-6+,11-9+,12-10+,15-13+,16-14+,20-18+,24-22+/t34?,35-,38-,39?,40?,41+/m0/s1. The number of carbonyl (C=O) groups is 2. The van der Waals surface area contributed by atoms with Crippen LogP contribution in [0.4, 0.5) is 0 Å². The van der Waals surface area contributed by atoms with Gasteiger partial charge < -0.3 is 34.3 Å². The molecular formula is C41H62O12S. The molecule has 0 saturated carbocycles. The van der Waals surface area contributed by atoms with E-state index in [-0.39, 0.29) is 19.4 Å². The van der Waals surface area contributed by atoms with Gasteiger partial charge in [0.05, 0.1) is 6.61 Å². The summed E-state index contributed by atoms with van der Waals surface area (Å²) in [4.78, 5) is 25.2. The Kier molecular flexibility index (Phi) is 27.8. The van der Waals surface area contributed by atoms with E-state index in [0.29, 0.717) is 19.3 Å². The summed E-state index contributed by atoms with van der Waals surface area (Å²) in [6, 6.07) is 0. The number of carbonyl (C=O) groups excluding carboxylic acids is 2. The first-order valence-electron chi connectivity index (χ1n) is 18.9. The smallest absolute Gasteiger partial charge is 0.306 e. The van der Waals surface area contributed by atoms with Gasteiger partial charge in [-0.1, -0.05) is 130 Å². The normalized spacial score (nSPS) is 22.1. The first-order valence-corrected chi connectivity index (χ1v) is 20.5. The minimum Gasteiger partial charge on any atom is -0.462 e. The minimum absolute atomic E-state index is 0.0567. The largest absolute Gasteiger partial charge is 0.462 e. The van der Waals surface area contributed by atoms with Gasteiger partial charge in [0.25, 0.3) is 10.1 Å². The van der Waals surface area contributed by atoms with Gasteiger partial charge in [-0.2, -0.15) is 8.42 Å². The molecule has 1 heterocycles. The van der Waals surface area contributed by atoms with Crippen molar-refractivity contribution < 1.29 is 56.8 Å². The molecule has 3 unspecified atom stereocenters. The van der Waals surface area contributed by atoms with Gasteiger partial charge in [-0.3, -0.25) is 14.1 Å². The molecule has 0 spiro atoms. The van der Waals surface area contributed by atoms with Crippen LogP contribution in [0.15, 0.2) is 97.2 Å². The lowest BCUT2D eigenvalue weighted by molar-refractivity contribution is -0.297. The van der Waals surface area contributed by atoms with Crippen molar-refractivity contribution in [3.63, 3.8) is 0 Å². The van der Waals surface area contributed by atoms with Gasteiger partial charge in [-0.15, -0.1) is 0 Å². The number of allylic oxidation sites excluding steroid dienone is 16. The van der Waals surface area contributed by atoms with E-state index in [9.17, 15) is 37.9 Å². The molecule has 4 N–H and O–H groups in total. The van der Waals surface area contributed by atoms with E-state index in [0.717, 1.165) is 44.9 Å². The van der Waals surface area contributed by atoms with Crippen LogP contribution in [0.1, 0.15) is 90.9 Å². The Balaban J connectivity index is 2.62. The monoisotopic (exact) mass is 778 g/mol. The SMILES string of the molecule is CC/C=C/C=C/C=C/C=C/C=C/CCCC(=O)OC(COC(=O)CCCCCCC/C=C/C=C/C=C/CC)CO[C@@H]1O[C@@H](CS(=O)(=O)O)[C@H](O)C(O)C1O. The molecule has 13 heteroatoms. The number of esters is 2. The lowest BCUT2D eigenvalue weighted by Crippen LogP contribution is -2.60. The van der Waals surface area contributed by atoms with Crippen molar-refractivity contribution in [3.8, 4) is 0 Å². The van der Waals surface area contributed by atoms with Crippen LogP contribution in [0.3, 0.4) is 0 Å². The Morgan fingerprint density at radius 1 is 0.630 bits per heavy atom. The zero-order valence-corrected chi connectivity index (χ0v) is 32.6. The zero-order valence-electron chi connectivity index (χ0n) is 31.8. The number of hydrogen-bond donors (Lipinski definition) is 4. The van der Waals surface area contributed by atoms with E-state index < -0.39 is 71.2 Å². The van der Waals surface area contributed by atoms with Gasteiger partial charge in [0.2, 0.25) is 0 Å². The van der Waals surface area contributed by atoms with Crippen LogP contribution in [0.25, 0.3) is 0 Å². The Bertz CT molecular complexity index is 1380. The summed E-state index contributed by atoms with van der Waals surface area (Å²) in [6.07, 6.45) is 30.5. The van der Waals surface area contributed by atoms with E-state index in [4.69, 9.17) is 18.9 Å². The van der Waals surface area contributed by atoms with Gasteiger partial charge in [0.15, 0.2) is 12.4 Å². The van der Waals surface area contributed by atoms with Gasteiger partial charge in [-0.25, -0.2) is 0 Å². The number of rotatable bonds is 28. The first kappa shape index (κ1) is 48.6. The van der Waals surface area contributed by atoms with Crippen LogP contribution < -0.4 is 0 Å². The Morgan fingerprint density at radius 2 is 1.13 bits per heavy atom. The molecule has 0 aliphatic carbocycles. The fraction of sp³-hybridized carbons (Fsp3) is 0.561. The number of ether oxygens (including phenoxy) is 4. The molecule has 0 bridgehead atoms. The number of unbranched alkanes of at least 4 members (excludes halogenated alkanes) is 6. The van der Waals surface area contributed by atoms with Gasteiger partial charge in [0, 0.05) is 12.8 Å². The maximum Gasteiger partial charge on any atom is 0.306 e. The molecule has 1 aliphatic rings. The van der Waals surface area contributed by atoms with Crippen LogP contribution in [0, 0.1) is 0 Å². The molecule has 1 rings (SSSR count). The van der Waals surface area contributed by atoms with Crippen molar-refractivity contribution in [2.75, 3.05) is 19.0 Å². The zero-order chi connectivity index (χ0) is 39.9. The molecule has 6 atom stereocenters. The summed E-state index contributed by atoms with van der Waals surface area (Å²) >= 11 is 0. The Hall–Kier alpha value is -3.43. The van der Waals surface area contributed by atoms with Gasteiger partial charge in [0.1, 0.15) is 36.8 Å². The van der Waals surface area contributed by atoms with Crippen molar-refractivity contribution in [1.82, 2.24) is 0 Å². The molecule has 0 amide bonds. The predicted octanol–water partition coefficient (Wildman–Crippen LogP) is 6.32. The molecule has 1 fully saturated rings. The van der Waals surface area contributed by atoms with Crippen LogP contribution in [0.2, 0.25) is 0 Å². The summed E-state index contributed by atoms with van der Waals surface area (Å²) in [5, 5.41) is 30.7. The lowest BCUT2D eigenvalue weighted by Gasteiger charge is -2.40. The highest BCUT2D eigenvalue weighted by atomic mass is 32.2. The van der Waals surface area contributed by atoms with Crippen LogP contribution in [0.5, 0.6) is 0 Å². The van der Waals surface area contributed by atoms with E-state index in [2.05, 4.69) is 32.1 Å². The van der Waals surface area contributed by atoms with E-state index in [1.54, 1.807) is 0 Å². The highest BCUT2D eigenvalue weighted by Gasteiger charge is 2.46. The predicted molar refractivity (Wildman–Crippen MR) is 210 cm³/mol. The lowest BCUT2D eigenvalue weighted by atomic mass is 10.00. The molecule has 12 nitrogen and oxygen atoms in total. The fourth-order valence-electron chi connectivity index (χ4n) is 4.94. The second-order valence-corrected chi connectivity index (χ2v) is 14.2. The van der Waals surface area contributed by atoms with E-state index >= 15 is 0 Å². The van der Waals surface area contributed by atoms with Crippen LogP contribution in [-0.4, -0.2) is 96.0 Å². The molecule has 1 aliphatic heterocycles. The highest BCUT2D eigenvalue weighted by molar-refractivity contribution is 7.85.